The predicted octanol–water partition coefficient (Wildman–Crippen LogP) is 2.23. The van der Waals surface area contributed by atoms with Crippen molar-refractivity contribution in [3.63, 3.8) is 0 Å². The third-order valence-electron chi connectivity index (χ3n) is 3.83. The summed E-state index contributed by atoms with van der Waals surface area (Å²) < 4.78 is 24.7. The Labute approximate surface area is 157 Å². The van der Waals surface area contributed by atoms with Gasteiger partial charge in [-0.1, -0.05) is 31.0 Å². The highest BCUT2D eigenvalue weighted by Crippen LogP contribution is 2.31. The molecule has 0 aliphatic rings. The van der Waals surface area contributed by atoms with Gasteiger partial charge in [-0.15, -0.1) is 4.83 Å². The first-order chi connectivity index (χ1) is 12.8. The summed E-state index contributed by atoms with van der Waals surface area (Å²) in [7, 11) is -2.24. The van der Waals surface area contributed by atoms with Gasteiger partial charge in [-0.2, -0.15) is 0 Å². The van der Waals surface area contributed by atoms with Gasteiger partial charge < -0.3 is 4.90 Å². The second-order valence-corrected chi connectivity index (χ2v) is 7.65. The molecule has 10 nitrogen and oxygen atoms in total. The Balaban J connectivity index is 2.28. The molecular formula is C16H22N6O4S. The van der Waals surface area contributed by atoms with E-state index in [9.17, 15) is 18.5 Å². The van der Waals surface area contributed by atoms with Crippen LogP contribution in [-0.4, -0.2) is 36.9 Å². The number of nitrogens with one attached hydrogen (secondary N) is 2. The van der Waals surface area contributed by atoms with E-state index >= 15 is 0 Å². The van der Waals surface area contributed by atoms with Crippen LogP contribution in [0.2, 0.25) is 0 Å². The Morgan fingerprint density at radius 2 is 1.89 bits per heavy atom. The summed E-state index contributed by atoms with van der Waals surface area (Å²) in [5.41, 5.74) is 2.85. The number of nitrogens with zero attached hydrogens (tertiary/aromatic N) is 4. The van der Waals surface area contributed by atoms with Crippen LogP contribution in [0.5, 0.6) is 0 Å². The molecule has 0 amide bonds. The van der Waals surface area contributed by atoms with E-state index in [4.69, 9.17) is 0 Å². The Bertz CT molecular complexity index is 902. The summed E-state index contributed by atoms with van der Waals surface area (Å²) in [4.78, 5) is 22.5. The highest BCUT2D eigenvalue weighted by Gasteiger charge is 2.26. The van der Waals surface area contributed by atoms with E-state index in [-0.39, 0.29) is 16.5 Å². The van der Waals surface area contributed by atoms with Crippen LogP contribution in [0.3, 0.4) is 0 Å². The number of rotatable bonds is 9. The number of unbranched alkanes of at least 4 members (excludes halogenated alkanes) is 1. The van der Waals surface area contributed by atoms with Crippen molar-refractivity contribution < 1.29 is 13.3 Å². The van der Waals surface area contributed by atoms with Crippen LogP contribution in [0.15, 0.2) is 35.5 Å². The first kappa shape index (κ1) is 20.5. The van der Waals surface area contributed by atoms with Crippen molar-refractivity contribution in [2.24, 2.45) is 0 Å². The molecule has 146 valence electrons. The van der Waals surface area contributed by atoms with Crippen LogP contribution in [-0.2, 0) is 10.0 Å². The van der Waals surface area contributed by atoms with Crippen LogP contribution in [0.25, 0.3) is 0 Å². The summed E-state index contributed by atoms with van der Waals surface area (Å²) in [5.74, 6) is -0.121. The number of sulfonamides is 1. The third-order valence-corrected chi connectivity index (χ3v) is 5.09. The van der Waals surface area contributed by atoms with Gasteiger partial charge >= 0.3 is 5.69 Å². The van der Waals surface area contributed by atoms with E-state index in [0.29, 0.717) is 6.54 Å². The number of hydrogen-bond acceptors (Lipinski definition) is 8. The molecule has 1 aromatic heterocycles. The monoisotopic (exact) mass is 394 g/mol. The topological polar surface area (TPSA) is 130 Å². The molecule has 0 saturated carbocycles. The summed E-state index contributed by atoms with van der Waals surface area (Å²) in [6, 6.07) is 6.19. The van der Waals surface area contributed by atoms with E-state index in [2.05, 4.69) is 20.2 Å². The van der Waals surface area contributed by atoms with Crippen LogP contribution in [0.4, 0.5) is 17.3 Å². The largest absolute Gasteiger partial charge is 0.354 e. The molecule has 2 N–H and O–H groups in total. The zero-order chi connectivity index (χ0) is 20.0. The molecule has 0 unspecified atom stereocenters. The average molecular weight is 394 g/mol. The van der Waals surface area contributed by atoms with Crippen LogP contribution in [0, 0.1) is 17.0 Å². The van der Waals surface area contributed by atoms with Gasteiger partial charge in [-0.25, -0.2) is 18.4 Å². The number of benzene rings is 1. The predicted molar refractivity (Wildman–Crippen MR) is 102 cm³/mol. The van der Waals surface area contributed by atoms with Crippen molar-refractivity contribution in [3.8, 4) is 0 Å². The molecule has 0 atom stereocenters. The Hall–Kier alpha value is -2.79. The fraction of sp³-hybridized carbons (Fsp3) is 0.375. The molecule has 0 fully saturated rings. The van der Waals surface area contributed by atoms with Gasteiger partial charge in [0.25, 0.3) is 10.0 Å². The lowest BCUT2D eigenvalue weighted by atomic mass is 10.2. The average Bonchev–Trinajstić information content (AvgIpc) is 2.64. The van der Waals surface area contributed by atoms with Crippen molar-refractivity contribution in [2.75, 3.05) is 23.9 Å². The minimum Gasteiger partial charge on any atom is -0.354 e. The second-order valence-electron chi connectivity index (χ2n) is 5.97. The van der Waals surface area contributed by atoms with E-state index in [1.807, 2.05) is 13.8 Å². The fourth-order valence-corrected chi connectivity index (χ4v) is 3.14. The van der Waals surface area contributed by atoms with Gasteiger partial charge in [-0.3, -0.25) is 15.5 Å². The van der Waals surface area contributed by atoms with E-state index in [0.717, 1.165) is 24.7 Å². The molecule has 2 aromatic rings. The van der Waals surface area contributed by atoms with Gasteiger partial charge in [0.2, 0.25) is 11.6 Å². The quantitative estimate of drug-likeness (QED) is 0.489. The van der Waals surface area contributed by atoms with Crippen molar-refractivity contribution in [3.05, 3.63) is 46.3 Å². The third kappa shape index (κ3) is 5.11. The highest BCUT2D eigenvalue weighted by atomic mass is 32.2. The molecule has 1 aromatic carbocycles. The molecule has 27 heavy (non-hydrogen) atoms. The van der Waals surface area contributed by atoms with Gasteiger partial charge in [0, 0.05) is 13.6 Å². The minimum absolute atomic E-state index is 0.0256. The fourth-order valence-electron chi connectivity index (χ4n) is 2.30. The lowest BCUT2D eigenvalue weighted by Crippen LogP contribution is -2.31. The molecule has 0 bridgehead atoms. The highest BCUT2D eigenvalue weighted by molar-refractivity contribution is 7.89. The molecule has 0 spiro atoms. The van der Waals surface area contributed by atoms with E-state index in [1.54, 1.807) is 24.1 Å². The molecule has 2 rings (SSSR count). The molecule has 11 heteroatoms. The number of hydrazine groups is 1. The summed E-state index contributed by atoms with van der Waals surface area (Å²) in [6.07, 6.45) is 2.90. The molecular weight excluding hydrogens is 372 g/mol. The lowest BCUT2D eigenvalue weighted by molar-refractivity contribution is -0.383. The molecule has 0 aliphatic heterocycles. The van der Waals surface area contributed by atoms with Gasteiger partial charge in [0.05, 0.1) is 9.82 Å². The Morgan fingerprint density at radius 3 is 2.48 bits per heavy atom. The van der Waals surface area contributed by atoms with Gasteiger partial charge in [0.15, 0.2) is 0 Å². The maximum Gasteiger partial charge on any atom is 0.354 e. The zero-order valence-electron chi connectivity index (χ0n) is 15.3. The minimum atomic E-state index is -3.92. The maximum absolute atomic E-state index is 12.4. The summed E-state index contributed by atoms with van der Waals surface area (Å²) >= 11 is 0. The number of nitro groups is 1. The number of aryl methyl sites for hydroxylation is 1. The number of anilines is 2. The molecule has 0 aliphatic carbocycles. The molecule has 0 saturated heterocycles. The SMILES string of the molecule is CCCCN(C)c1ncnc(NNS(=O)(=O)c2ccc(C)cc2)c1[N+](=O)[O-]. The standard InChI is InChI=1S/C16H22N6O4S/c1-4-5-10-21(3)16-14(22(23)24)15(17-11-18-16)19-20-27(25,26)13-8-6-12(2)7-9-13/h6-9,11,20H,4-5,10H2,1-3H3,(H,17,18,19). The molecule has 1 heterocycles. The zero-order valence-corrected chi connectivity index (χ0v) is 16.2. The van der Waals surface area contributed by atoms with E-state index < -0.39 is 20.6 Å². The van der Waals surface area contributed by atoms with Gasteiger partial charge in [-0.05, 0) is 25.5 Å². The van der Waals surface area contributed by atoms with Crippen LogP contribution < -0.4 is 15.2 Å². The summed E-state index contributed by atoms with van der Waals surface area (Å²) in [5, 5.41) is 11.5. The van der Waals surface area contributed by atoms with Crippen LogP contribution in [0.1, 0.15) is 25.3 Å². The lowest BCUT2D eigenvalue weighted by Gasteiger charge is -2.18. The van der Waals surface area contributed by atoms with Gasteiger partial charge in [0.1, 0.15) is 6.33 Å². The van der Waals surface area contributed by atoms with Crippen molar-refractivity contribution >= 4 is 27.3 Å². The Morgan fingerprint density at radius 1 is 1.22 bits per heavy atom. The normalized spacial score (nSPS) is 11.2. The van der Waals surface area contributed by atoms with Crippen molar-refractivity contribution in [2.45, 2.75) is 31.6 Å². The number of hydrogen-bond donors (Lipinski definition) is 2. The first-order valence-corrected chi connectivity index (χ1v) is 9.79. The van der Waals surface area contributed by atoms with Crippen molar-refractivity contribution in [1.82, 2.24) is 14.8 Å². The maximum atomic E-state index is 12.4. The summed E-state index contributed by atoms with van der Waals surface area (Å²) in [6.45, 7) is 4.42. The first-order valence-electron chi connectivity index (χ1n) is 8.31. The smallest absolute Gasteiger partial charge is 0.354 e. The van der Waals surface area contributed by atoms with Crippen LogP contribution >= 0.6 is 0 Å². The number of aromatic nitrogens is 2. The second kappa shape index (κ2) is 8.73. The molecule has 0 radical (unpaired) electrons. The Kier molecular flexibility index (Phi) is 6.64. The van der Waals surface area contributed by atoms with Crippen molar-refractivity contribution in [1.29, 1.82) is 0 Å². The van der Waals surface area contributed by atoms with E-state index in [1.165, 1.54) is 12.1 Å².